The van der Waals surface area contributed by atoms with Gasteiger partial charge in [0, 0.05) is 11.5 Å². The van der Waals surface area contributed by atoms with Crippen molar-refractivity contribution in [2.45, 2.75) is 51.7 Å². The largest absolute Gasteiger partial charge is 0.544 e. The first kappa shape index (κ1) is 22.9. The Morgan fingerprint density at radius 3 is 2.23 bits per heavy atom. The van der Waals surface area contributed by atoms with Gasteiger partial charge in [0.15, 0.2) is 0 Å². The van der Waals surface area contributed by atoms with Gasteiger partial charge in [0.25, 0.3) is 0 Å². The van der Waals surface area contributed by atoms with E-state index < -0.39 is 14.3 Å². The minimum atomic E-state index is -1.92. The van der Waals surface area contributed by atoms with Crippen molar-refractivity contribution in [1.82, 2.24) is 0 Å². The van der Waals surface area contributed by atoms with Gasteiger partial charge in [-0.15, -0.1) is 0 Å². The Kier molecular flexibility index (Phi) is 6.19. The van der Waals surface area contributed by atoms with Crippen LogP contribution in [0.25, 0.3) is 10.8 Å². The van der Waals surface area contributed by atoms with E-state index in [-0.39, 0.29) is 22.3 Å². The van der Waals surface area contributed by atoms with Gasteiger partial charge in [-0.05, 0) is 52.7 Å². The number of hydrogen-bond acceptors (Lipinski definition) is 4. The van der Waals surface area contributed by atoms with Crippen LogP contribution in [-0.4, -0.2) is 26.5 Å². The number of benzene rings is 3. The molecule has 1 N–H and O–H groups in total. The molecule has 0 aromatic heterocycles. The lowest BCUT2D eigenvalue weighted by atomic mass is 9.87. The molecule has 0 saturated heterocycles. The van der Waals surface area contributed by atoms with Crippen LogP contribution in [0.1, 0.15) is 55.1 Å². The molecule has 0 heterocycles. The zero-order valence-corrected chi connectivity index (χ0v) is 20.4. The number of esters is 1. The average Bonchev–Trinajstić information content (AvgIpc) is 2.71. The topological polar surface area (TPSA) is 55.8 Å². The summed E-state index contributed by atoms with van der Waals surface area (Å²) in [6, 6.07) is 17.5. The van der Waals surface area contributed by atoms with E-state index in [1.807, 2.05) is 55.5 Å². The Morgan fingerprint density at radius 1 is 1.03 bits per heavy atom. The van der Waals surface area contributed by atoms with Crippen molar-refractivity contribution in [3.05, 3.63) is 71.3 Å². The van der Waals surface area contributed by atoms with Crippen LogP contribution in [0.4, 0.5) is 0 Å². The summed E-state index contributed by atoms with van der Waals surface area (Å²) >= 11 is 0. The highest BCUT2D eigenvalue weighted by molar-refractivity contribution is 6.74. The van der Waals surface area contributed by atoms with Gasteiger partial charge in [-0.2, -0.15) is 0 Å². The third-order valence-corrected chi connectivity index (χ3v) is 10.8. The second-order valence-electron chi connectivity index (χ2n) is 9.55. The van der Waals surface area contributed by atoms with E-state index in [4.69, 9.17) is 9.16 Å². The van der Waals surface area contributed by atoms with E-state index in [1.54, 1.807) is 6.07 Å². The van der Waals surface area contributed by atoms with Crippen LogP contribution in [0.3, 0.4) is 0 Å². The number of aromatic hydroxyl groups is 1. The fraction of sp³-hybridized carbons (Fsp3) is 0.346. The molecule has 0 aliphatic heterocycles. The Morgan fingerprint density at radius 2 is 1.65 bits per heavy atom. The summed E-state index contributed by atoms with van der Waals surface area (Å²) in [6.07, 6.45) is 0. The summed E-state index contributed by atoms with van der Waals surface area (Å²) in [6.45, 7) is 13.2. The van der Waals surface area contributed by atoms with E-state index in [0.29, 0.717) is 0 Å². The highest BCUT2D eigenvalue weighted by atomic mass is 28.4. The molecule has 0 radical (unpaired) electrons. The molecule has 0 amide bonds. The predicted octanol–water partition coefficient (Wildman–Crippen LogP) is 6.87. The Balaban J connectivity index is 2.02. The molecule has 5 heteroatoms. The molecule has 1 unspecified atom stereocenters. The molecule has 31 heavy (non-hydrogen) atoms. The van der Waals surface area contributed by atoms with Crippen LogP contribution >= 0.6 is 0 Å². The van der Waals surface area contributed by atoms with Gasteiger partial charge >= 0.3 is 5.97 Å². The highest BCUT2D eigenvalue weighted by Crippen LogP contribution is 2.41. The van der Waals surface area contributed by atoms with Crippen molar-refractivity contribution < 1.29 is 19.1 Å². The second kappa shape index (κ2) is 8.38. The SMILES string of the molecule is COC(=O)c1cc2ccccc2c(C(C)c2ccc(O[Si](C)(C)C(C)(C)C)cc2)c1O. The molecule has 0 bridgehead atoms. The lowest BCUT2D eigenvalue weighted by Crippen LogP contribution is -2.43. The van der Waals surface area contributed by atoms with Crippen LogP contribution in [0, 0.1) is 0 Å². The van der Waals surface area contributed by atoms with E-state index in [0.717, 1.165) is 27.6 Å². The molecule has 164 valence electrons. The summed E-state index contributed by atoms with van der Waals surface area (Å²) in [5.41, 5.74) is 1.93. The maximum Gasteiger partial charge on any atom is 0.341 e. The molecule has 4 nitrogen and oxygen atoms in total. The zero-order chi connectivity index (χ0) is 23.0. The number of phenolic OH excluding ortho intramolecular Hbond substituents is 1. The Hall–Kier alpha value is -2.79. The van der Waals surface area contributed by atoms with Crippen LogP contribution in [0.2, 0.25) is 18.1 Å². The number of rotatable bonds is 5. The van der Waals surface area contributed by atoms with Gasteiger partial charge in [-0.25, -0.2) is 4.79 Å². The van der Waals surface area contributed by atoms with Crippen molar-refractivity contribution in [3.8, 4) is 11.5 Å². The van der Waals surface area contributed by atoms with Gasteiger partial charge in [-0.3, -0.25) is 0 Å². The number of ether oxygens (including phenoxy) is 1. The number of carbonyl (C=O) groups excluding carboxylic acids is 1. The van der Waals surface area contributed by atoms with Crippen LogP contribution in [0.5, 0.6) is 11.5 Å². The van der Waals surface area contributed by atoms with Crippen molar-refractivity contribution in [2.24, 2.45) is 0 Å². The predicted molar refractivity (Wildman–Crippen MR) is 129 cm³/mol. The third kappa shape index (κ3) is 4.47. The van der Waals surface area contributed by atoms with Crippen molar-refractivity contribution >= 4 is 25.1 Å². The molecule has 0 aliphatic rings. The first-order valence-electron chi connectivity index (χ1n) is 10.6. The molecule has 3 aromatic carbocycles. The molecule has 0 spiro atoms. The minimum Gasteiger partial charge on any atom is -0.544 e. The van der Waals surface area contributed by atoms with Gasteiger partial charge in [-0.1, -0.05) is 64.1 Å². The molecular formula is C26H32O4Si. The van der Waals surface area contributed by atoms with Crippen molar-refractivity contribution in [1.29, 1.82) is 0 Å². The lowest BCUT2D eigenvalue weighted by Gasteiger charge is -2.36. The maximum atomic E-state index is 12.3. The van der Waals surface area contributed by atoms with Crippen LogP contribution < -0.4 is 4.43 Å². The zero-order valence-electron chi connectivity index (χ0n) is 19.4. The molecule has 0 fully saturated rings. The van der Waals surface area contributed by atoms with Gasteiger partial charge < -0.3 is 14.3 Å². The molecule has 3 rings (SSSR count). The maximum absolute atomic E-state index is 12.3. The summed E-state index contributed by atoms with van der Waals surface area (Å²) in [5, 5.41) is 12.9. The number of fused-ring (bicyclic) bond motifs is 1. The summed E-state index contributed by atoms with van der Waals surface area (Å²) in [4.78, 5) is 12.3. The van der Waals surface area contributed by atoms with Crippen LogP contribution in [-0.2, 0) is 4.74 Å². The summed E-state index contributed by atoms with van der Waals surface area (Å²) < 4.78 is 11.3. The Bertz CT molecular complexity index is 1090. The van der Waals surface area contributed by atoms with Gasteiger partial charge in [0.05, 0.1) is 7.11 Å². The fourth-order valence-electron chi connectivity index (χ4n) is 3.51. The molecule has 0 aliphatic carbocycles. The van der Waals surface area contributed by atoms with E-state index >= 15 is 0 Å². The molecule has 3 aromatic rings. The number of phenols is 1. The smallest absolute Gasteiger partial charge is 0.341 e. The van der Waals surface area contributed by atoms with Crippen molar-refractivity contribution in [2.75, 3.05) is 7.11 Å². The summed E-state index contributed by atoms with van der Waals surface area (Å²) in [5.74, 6) is 0.158. The van der Waals surface area contributed by atoms with Crippen LogP contribution in [0.15, 0.2) is 54.6 Å². The summed E-state index contributed by atoms with van der Waals surface area (Å²) in [7, 11) is -0.595. The minimum absolute atomic E-state index is 0.0281. The number of methoxy groups -OCH3 is 1. The molecule has 0 saturated carbocycles. The van der Waals surface area contributed by atoms with E-state index in [9.17, 15) is 9.90 Å². The lowest BCUT2D eigenvalue weighted by molar-refractivity contribution is 0.0597. The second-order valence-corrected chi connectivity index (χ2v) is 14.3. The number of carbonyl (C=O) groups is 1. The fourth-order valence-corrected chi connectivity index (χ4v) is 4.54. The highest BCUT2D eigenvalue weighted by Gasteiger charge is 2.39. The van der Waals surface area contributed by atoms with E-state index in [1.165, 1.54) is 7.11 Å². The van der Waals surface area contributed by atoms with Gasteiger partial charge in [0.2, 0.25) is 8.32 Å². The van der Waals surface area contributed by atoms with E-state index in [2.05, 4.69) is 33.9 Å². The number of hydrogen-bond donors (Lipinski definition) is 1. The third-order valence-electron chi connectivity index (χ3n) is 6.46. The molecular weight excluding hydrogens is 404 g/mol. The van der Waals surface area contributed by atoms with Crippen molar-refractivity contribution in [3.63, 3.8) is 0 Å². The normalized spacial score (nSPS) is 13.1. The Labute approximate surface area is 186 Å². The first-order chi connectivity index (χ1) is 14.5. The van der Waals surface area contributed by atoms with Gasteiger partial charge in [0.1, 0.15) is 17.1 Å². The molecule has 1 atom stereocenters. The quantitative estimate of drug-likeness (QED) is 0.350. The monoisotopic (exact) mass is 436 g/mol. The standard InChI is InChI=1S/C26H32O4Si/c1-17(18-12-14-20(15-13-18)30-31(6,7)26(2,3)4)23-21-11-9-8-10-19(21)16-22(24(23)27)25(28)29-5/h8-17,27H,1-7H3. The first-order valence-corrected chi connectivity index (χ1v) is 13.5. The average molecular weight is 437 g/mol.